The van der Waals surface area contributed by atoms with Crippen molar-refractivity contribution in [3.05, 3.63) is 30.1 Å². The molecular formula is C13H19N3O. The Morgan fingerprint density at radius 3 is 2.65 bits per heavy atom. The fourth-order valence-corrected chi connectivity index (χ4v) is 2.15. The quantitative estimate of drug-likeness (QED) is 0.782. The fraction of sp³-hybridized carbons (Fsp3) is 0.538. The maximum Gasteiger partial charge on any atom is 0.236 e. The van der Waals surface area contributed by atoms with Gasteiger partial charge in [-0.25, -0.2) is 0 Å². The van der Waals surface area contributed by atoms with E-state index in [1.165, 1.54) is 5.56 Å². The van der Waals surface area contributed by atoms with Gasteiger partial charge in [0.2, 0.25) is 5.91 Å². The number of nitrogens with zero attached hydrogens (tertiary/aromatic N) is 3. The summed E-state index contributed by atoms with van der Waals surface area (Å²) in [6, 6.07) is 3.97. The Kier molecular flexibility index (Phi) is 4.09. The van der Waals surface area contributed by atoms with Crippen molar-refractivity contribution in [2.75, 3.05) is 26.7 Å². The van der Waals surface area contributed by atoms with Gasteiger partial charge < -0.3 is 4.90 Å². The summed E-state index contributed by atoms with van der Waals surface area (Å²) in [7, 11) is 1.98. The number of hydrogen-bond donors (Lipinski definition) is 0. The normalized spacial score (nSPS) is 15.5. The van der Waals surface area contributed by atoms with Gasteiger partial charge in [0.25, 0.3) is 0 Å². The van der Waals surface area contributed by atoms with Crippen molar-refractivity contribution in [2.45, 2.75) is 19.4 Å². The first-order valence-electron chi connectivity index (χ1n) is 6.11. The number of likely N-dealkylation sites (N-methyl/N-ethyl adjacent to an activating group) is 1. The zero-order valence-corrected chi connectivity index (χ0v) is 10.3. The van der Waals surface area contributed by atoms with Crippen molar-refractivity contribution in [3.63, 3.8) is 0 Å². The van der Waals surface area contributed by atoms with E-state index in [4.69, 9.17) is 0 Å². The van der Waals surface area contributed by atoms with Gasteiger partial charge in [-0.15, -0.1) is 0 Å². The predicted octanol–water partition coefficient (Wildman–Crippen LogP) is 1.14. The number of aromatic nitrogens is 1. The monoisotopic (exact) mass is 233 g/mol. The number of likely N-dealkylation sites (tertiary alicyclic amines) is 1. The zero-order valence-electron chi connectivity index (χ0n) is 10.3. The van der Waals surface area contributed by atoms with E-state index in [9.17, 15) is 4.79 Å². The van der Waals surface area contributed by atoms with E-state index >= 15 is 0 Å². The fourth-order valence-electron chi connectivity index (χ4n) is 2.15. The third-order valence-corrected chi connectivity index (χ3v) is 3.07. The molecule has 0 N–H and O–H groups in total. The topological polar surface area (TPSA) is 36.4 Å². The number of pyridine rings is 1. The van der Waals surface area contributed by atoms with E-state index in [0.29, 0.717) is 6.54 Å². The number of amides is 1. The van der Waals surface area contributed by atoms with Gasteiger partial charge in [0.15, 0.2) is 0 Å². The van der Waals surface area contributed by atoms with Crippen LogP contribution < -0.4 is 0 Å². The molecule has 2 heterocycles. The molecular weight excluding hydrogens is 214 g/mol. The number of rotatable bonds is 4. The molecule has 1 amide bonds. The first-order valence-corrected chi connectivity index (χ1v) is 6.11. The summed E-state index contributed by atoms with van der Waals surface area (Å²) in [4.78, 5) is 19.9. The van der Waals surface area contributed by atoms with Crippen LogP contribution in [0.5, 0.6) is 0 Å². The predicted molar refractivity (Wildman–Crippen MR) is 66.4 cm³/mol. The summed E-state index contributed by atoms with van der Waals surface area (Å²) in [5, 5.41) is 0. The second-order valence-electron chi connectivity index (χ2n) is 4.62. The molecule has 0 spiro atoms. The lowest BCUT2D eigenvalue weighted by Crippen LogP contribution is -2.36. The summed E-state index contributed by atoms with van der Waals surface area (Å²) in [5.74, 6) is 0.249. The van der Waals surface area contributed by atoms with Crippen LogP contribution in [0.15, 0.2) is 24.5 Å². The number of hydrogen-bond acceptors (Lipinski definition) is 3. The van der Waals surface area contributed by atoms with Gasteiger partial charge in [-0.3, -0.25) is 14.7 Å². The van der Waals surface area contributed by atoms with Crippen LogP contribution in [0.25, 0.3) is 0 Å². The van der Waals surface area contributed by atoms with Crippen molar-refractivity contribution in [1.82, 2.24) is 14.8 Å². The lowest BCUT2D eigenvalue weighted by molar-refractivity contribution is -0.131. The molecule has 0 unspecified atom stereocenters. The van der Waals surface area contributed by atoms with Crippen molar-refractivity contribution in [1.29, 1.82) is 0 Å². The van der Waals surface area contributed by atoms with Crippen LogP contribution in [0.1, 0.15) is 18.4 Å². The molecule has 1 aliphatic rings. The highest BCUT2D eigenvalue weighted by molar-refractivity contribution is 5.78. The highest BCUT2D eigenvalue weighted by Crippen LogP contribution is 2.08. The van der Waals surface area contributed by atoms with E-state index in [-0.39, 0.29) is 5.91 Å². The molecule has 17 heavy (non-hydrogen) atoms. The van der Waals surface area contributed by atoms with Gasteiger partial charge in [0.1, 0.15) is 0 Å². The smallest absolute Gasteiger partial charge is 0.236 e. The zero-order chi connectivity index (χ0) is 12.1. The summed E-state index contributed by atoms with van der Waals surface area (Å²) in [5.41, 5.74) is 1.19. The van der Waals surface area contributed by atoms with Crippen LogP contribution in [-0.2, 0) is 11.3 Å². The molecule has 1 aromatic heterocycles. The molecule has 0 aromatic carbocycles. The maximum atomic E-state index is 11.9. The minimum Gasteiger partial charge on any atom is -0.342 e. The molecule has 0 aliphatic carbocycles. The van der Waals surface area contributed by atoms with Crippen LogP contribution in [0.4, 0.5) is 0 Å². The Balaban J connectivity index is 1.80. The second-order valence-corrected chi connectivity index (χ2v) is 4.62. The third-order valence-electron chi connectivity index (χ3n) is 3.07. The van der Waals surface area contributed by atoms with Crippen LogP contribution in [-0.4, -0.2) is 47.4 Å². The van der Waals surface area contributed by atoms with Gasteiger partial charge in [-0.2, -0.15) is 0 Å². The highest BCUT2D eigenvalue weighted by atomic mass is 16.2. The first-order chi connectivity index (χ1) is 8.25. The molecule has 1 saturated heterocycles. The third kappa shape index (κ3) is 3.53. The summed E-state index contributed by atoms with van der Waals surface area (Å²) in [6.07, 6.45) is 5.87. The van der Waals surface area contributed by atoms with E-state index in [0.717, 1.165) is 32.5 Å². The lowest BCUT2D eigenvalue weighted by Gasteiger charge is -2.21. The van der Waals surface area contributed by atoms with Gasteiger partial charge in [0, 0.05) is 32.0 Å². The van der Waals surface area contributed by atoms with E-state index in [1.54, 1.807) is 12.4 Å². The molecule has 92 valence electrons. The molecule has 1 fully saturated rings. The van der Waals surface area contributed by atoms with E-state index in [2.05, 4.69) is 9.88 Å². The van der Waals surface area contributed by atoms with Gasteiger partial charge in [0.05, 0.1) is 6.54 Å². The Labute approximate surface area is 102 Å². The van der Waals surface area contributed by atoms with Crippen LogP contribution >= 0.6 is 0 Å². The average Bonchev–Trinajstić information content (AvgIpc) is 2.83. The van der Waals surface area contributed by atoms with Gasteiger partial charge in [-0.1, -0.05) is 0 Å². The Bertz CT molecular complexity index is 360. The van der Waals surface area contributed by atoms with Crippen molar-refractivity contribution in [2.24, 2.45) is 0 Å². The van der Waals surface area contributed by atoms with E-state index in [1.807, 2.05) is 24.1 Å². The van der Waals surface area contributed by atoms with Crippen LogP contribution in [0.3, 0.4) is 0 Å². The molecule has 0 atom stereocenters. The minimum absolute atomic E-state index is 0.249. The van der Waals surface area contributed by atoms with Gasteiger partial charge >= 0.3 is 0 Å². The average molecular weight is 233 g/mol. The Morgan fingerprint density at radius 2 is 2.00 bits per heavy atom. The molecule has 0 bridgehead atoms. The van der Waals surface area contributed by atoms with Crippen molar-refractivity contribution >= 4 is 5.91 Å². The van der Waals surface area contributed by atoms with Crippen molar-refractivity contribution < 1.29 is 4.79 Å². The summed E-state index contributed by atoms with van der Waals surface area (Å²) < 4.78 is 0. The molecule has 2 rings (SSSR count). The molecule has 4 heteroatoms. The molecule has 0 radical (unpaired) electrons. The van der Waals surface area contributed by atoms with E-state index < -0.39 is 0 Å². The Hall–Kier alpha value is -1.42. The number of carbonyl (C=O) groups is 1. The molecule has 1 aliphatic heterocycles. The first kappa shape index (κ1) is 12.0. The minimum atomic E-state index is 0.249. The van der Waals surface area contributed by atoms with Crippen LogP contribution in [0.2, 0.25) is 0 Å². The largest absolute Gasteiger partial charge is 0.342 e. The SMILES string of the molecule is CN(CC(=O)N1CCCC1)Cc1ccncc1. The second kappa shape index (κ2) is 5.77. The number of carbonyl (C=O) groups excluding carboxylic acids is 1. The molecule has 1 aromatic rings. The molecule has 4 nitrogen and oxygen atoms in total. The highest BCUT2D eigenvalue weighted by Gasteiger charge is 2.18. The summed E-state index contributed by atoms with van der Waals surface area (Å²) in [6.45, 7) is 3.16. The standard InChI is InChI=1S/C13H19N3O/c1-15(10-12-4-6-14-7-5-12)11-13(17)16-8-2-3-9-16/h4-7H,2-3,8-11H2,1H3. The van der Waals surface area contributed by atoms with Gasteiger partial charge in [-0.05, 0) is 37.6 Å². The van der Waals surface area contributed by atoms with Crippen LogP contribution in [0, 0.1) is 0 Å². The Morgan fingerprint density at radius 1 is 1.35 bits per heavy atom. The molecule has 0 saturated carbocycles. The maximum absolute atomic E-state index is 11.9. The lowest BCUT2D eigenvalue weighted by atomic mass is 10.2. The van der Waals surface area contributed by atoms with Crippen molar-refractivity contribution in [3.8, 4) is 0 Å². The summed E-state index contributed by atoms with van der Waals surface area (Å²) >= 11 is 0.